The molecule has 0 saturated heterocycles. The number of nitrogens with zero attached hydrogens (tertiary/aromatic N) is 3. The fourth-order valence-electron chi connectivity index (χ4n) is 1.36. The van der Waals surface area contributed by atoms with Crippen molar-refractivity contribution in [1.82, 2.24) is 9.78 Å². The highest BCUT2D eigenvalue weighted by atomic mass is 16.6. The van der Waals surface area contributed by atoms with E-state index in [0.29, 0.717) is 5.92 Å². The molecule has 5 heteroatoms. The quantitative estimate of drug-likeness (QED) is 0.537. The molecule has 0 saturated carbocycles. The third-order valence-electron chi connectivity index (χ3n) is 2.41. The molecule has 14 heavy (non-hydrogen) atoms. The Labute approximate surface area is 82.9 Å². The summed E-state index contributed by atoms with van der Waals surface area (Å²) < 4.78 is 1.65. The van der Waals surface area contributed by atoms with Gasteiger partial charge in [-0.3, -0.25) is 0 Å². The van der Waals surface area contributed by atoms with E-state index in [1.165, 1.54) is 6.07 Å². The second-order valence-corrected chi connectivity index (χ2v) is 3.34. The van der Waals surface area contributed by atoms with Gasteiger partial charge in [0.15, 0.2) is 0 Å². The van der Waals surface area contributed by atoms with Crippen molar-refractivity contribution < 1.29 is 4.92 Å². The van der Waals surface area contributed by atoms with E-state index in [2.05, 4.69) is 18.9 Å². The molecule has 5 nitrogen and oxygen atoms in total. The molecule has 0 aromatic carbocycles. The summed E-state index contributed by atoms with van der Waals surface area (Å²) in [6.45, 7) is 5.00. The lowest BCUT2D eigenvalue weighted by molar-refractivity contribution is -0.389. The zero-order valence-electron chi connectivity index (χ0n) is 8.51. The Balaban J connectivity index is 2.63. The summed E-state index contributed by atoms with van der Waals surface area (Å²) in [6, 6.07) is 1.43. The summed E-state index contributed by atoms with van der Waals surface area (Å²) in [6.07, 6.45) is 3.81. The van der Waals surface area contributed by atoms with Crippen LogP contribution in [0.2, 0.25) is 0 Å². The Bertz CT molecular complexity index is 305. The summed E-state index contributed by atoms with van der Waals surface area (Å²) >= 11 is 0. The Kier molecular flexibility index (Phi) is 3.62. The highest BCUT2D eigenvalue weighted by molar-refractivity contribution is 5.13. The van der Waals surface area contributed by atoms with Crippen LogP contribution in [0.4, 0.5) is 5.82 Å². The molecule has 0 aliphatic rings. The molecule has 0 radical (unpaired) electrons. The van der Waals surface area contributed by atoms with E-state index < -0.39 is 4.92 Å². The predicted octanol–water partition coefficient (Wildman–Crippen LogP) is 2.23. The number of aromatic nitrogens is 2. The van der Waals surface area contributed by atoms with Crippen LogP contribution in [0, 0.1) is 16.0 Å². The molecule has 0 aliphatic heterocycles. The third kappa shape index (κ3) is 2.55. The van der Waals surface area contributed by atoms with Crippen molar-refractivity contribution in [3.05, 3.63) is 22.4 Å². The lowest BCUT2D eigenvalue weighted by atomic mass is 10.0. The van der Waals surface area contributed by atoms with Crippen LogP contribution in [0.15, 0.2) is 12.3 Å². The monoisotopic (exact) mass is 197 g/mol. The van der Waals surface area contributed by atoms with Gasteiger partial charge in [0, 0.05) is 0 Å². The average Bonchev–Trinajstić information content (AvgIpc) is 2.62. The number of hydrogen-bond acceptors (Lipinski definition) is 3. The summed E-state index contributed by atoms with van der Waals surface area (Å²) in [5.41, 5.74) is 0. The van der Waals surface area contributed by atoms with Crippen LogP contribution < -0.4 is 0 Å². The van der Waals surface area contributed by atoms with E-state index in [1.807, 2.05) is 0 Å². The molecule has 0 amide bonds. The summed E-state index contributed by atoms with van der Waals surface area (Å²) in [4.78, 5) is 9.90. The smallest absolute Gasteiger partial charge is 0.358 e. The minimum absolute atomic E-state index is 0.0732. The maximum atomic E-state index is 10.4. The molecule has 0 atom stereocenters. The SMILES string of the molecule is CCC(CC)Cn1ccc([N+](=O)[O-])n1. The van der Waals surface area contributed by atoms with Gasteiger partial charge in [-0.15, -0.1) is 0 Å². The van der Waals surface area contributed by atoms with Gasteiger partial charge in [0.2, 0.25) is 0 Å². The number of rotatable bonds is 5. The Morgan fingerprint density at radius 3 is 2.64 bits per heavy atom. The first kappa shape index (κ1) is 10.7. The van der Waals surface area contributed by atoms with Crippen molar-refractivity contribution in [1.29, 1.82) is 0 Å². The zero-order chi connectivity index (χ0) is 10.6. The lowest BCUT2D eigenvalue weighted by Crippen LogP contribution is -2.09. The number of nitro groups is 1. The molecule has 1 aromatic heterocycles. The molecule has 0 aliphatic carbocycles. The Hall–Kier alpha value is -1.39. The van der Waals surface area contributed by atoms with Crippen LogP contribution in [-0.4, -0.2) is 14.7 Å². The minimum atomic E-state index is -0.469. The van der Waals surface area contributed by atoms with Crippen LogP contribution in [0.3, 0.4) is 0 Å². The van der Waals surface area contributed by atoms with Gasteiger partial charge in [-0.05, 0) is 10.8 Å². The minimum Gasteiger partial charge on any atom is -0.358 e. The van der Waals surface area contributed by atoms with Crippen molar-refractivity contribution in [3.8, 4) is 0 Å². The zero-order valence-corrected chi connectivity index (χ0v) is 8.51. The van der Waals surface area contributed by atoms with Gasteiger partial charge >= 0.3 is 5.82 Å². The number of hydrogen-bond donors (Lipinski definition) is 0. The van der Waals surface area contributed by atoms with Crippen LogP contribution in [0.5, 0.6) is 0 Å². The largest absolute Gasteiger partial charge is 0.389 e. The first-order chi connectivity index (χ1) is 6.67. The summed E-state index contributed by atoms with van der Waals surface area (Å²) in [7, 11) is 0. The third-order valence-corrected chi connectivity index (χ3v) is 2.41. The average molecular weight is 197 g/mol. The van der Waals surface area contributed by atoms with E-state index in [9.17, 15) is 10.1 Å². The van der Waals surface area contributed by atoms with Crippen LogP contribution in [0.1, 0.15) is 26.7 Å². The predicted molar refractivity (Wildman–Crippen MR) is 53.0 cm³/mol. The van der Waals surface area contributed by atoms with Gasteiger partial charge < -0.3 is 10.1 Å². The first-order valence-corrected chi connectivity index (χ1v) is 4.85. The van der Waals surface area contributed by atoms with Crippen molar-refractivity contribution >= 4 is 5.82 Å². The maximum absolute atomic E-state index is 10.4. The van der Waals surface area contributed by atoms with Crippen LogP contribution in [0.25, 0.3) is 0 Å². The molecular weight excluding hydrogens is 182 g/mol. The van der Waals surface area contributed by atoms with Crippen molar-refractivity contribution in [2.75, 3.05) is 0 Å². The topological polar surface area (TPSA) is 61.0 Å². The molecule has 1 heterocycles. The molecule has 0 fully saturated rings. The van der Waals surface area contributed by atoms with Crippen molar-refractivity contribution in [3.63, 3.8) is 0 Å². The van der Waals surface area contributed by atoms with Crippen molar-refractivity contribution in [2.45, 2.75) is 33.2 Å². The maximum Gasteiger partial charge on any atom is 0.389 e. The fraction of sp³-hybridized carbons (Fsp3) is 0.667. The van der Waals surface area contributed by atoms with Crippen LogP contribution >= 0.6 is 0 Å². The standard InChI is InChI=1S/C9H15N3O2/c1-3-8(4-2)7-11-6-5-9(10-11)12(13)14/h5-6,8H,3-4,7H2,1-2H3. The highest BCUT2D eigenvalue weighted by Gasteiger charge is 2.13. The molecule has 0 unspecified atom stereocenters. The van der Waals surface area contributed by atoms with E-state index in [-0.39, 0.29) is 5.82 Å². The fourth-order valence-corrected chi connectivity index (χ4v) is 1.36. The second kappa shape index (κ2) is 4.74. The van der Waals surface area contributed by atoms with E-state index in [0.717, 1.165) is 19.4 Å². The second-order valence-electron chi connectivity index (χ2n) is 3.34. The van der Waals surface area contributed by atoms with E-state index in [4.69, 9.17) is 0 Å². The normalized spacial score (nSPS) is 10.8. The Morgan fingerprint density at radius 2 is 2.21 bits per heavy atom. The van der Waals surface area contributed by atoms with Gasteiger partial charge in [-0.25, -0.2) is 0 Å². The molecule has 1 rings (SSSR count). The lowest BCUT2D eigenvalue weighted by Gasteiger charge is -2.08. The Morgan fingerprint density at radius 1 is 1.57 bits per heavy atom. The first-order valence-electron chi connectivity index (χ1n) is 4.85. The van der Waals surface area contributed by atoms with Gasteiger partial charge in [-0.2, -0.15) is 4.68 Å². The molecule has 1 aromatic rings. The van der Waals surface area contributed by atoms with E-state index >= 15 is 0 Å². The molecular formula is C9H15N3O2. The van der Waals surface area contributed by atoms with E-state index in [1.54, 1.807) is 10.9 Å². The van der Waals surface area contributed by atoms with Crippen molar-refractivity contribution in [2.24, 2.45) is 5.92 Å². The van der Waals surface area contributed by atoms with Gasteiger partial charge in [0.05, 0.1) is 23.9 Å². The molecule has 78 valence electrons. The molecule has 0 bridgehead atoms. The summed E-state index contributed by atoms with van der Waals surface area (Å²) in [5.74, 6) is 0.477. The highest BCUT2D eigenvalue weighted by Crippen LogP contribution is 2.12. The molecule has 0 spiro atoms. The van der Waals surface area contributed by atoms with Crippen LogP contribution in [-0.2, 0) is 6.54 Å². The van der Waals surface area contributed by atoms with Gasteiger partial charge in [-0.1, -0.05) is 26.7 Å². The summed E-state index contributed by atoms with van der Waals surface area (Å²) in [5, 5.41) is 14.2. The van der Waals surface area contributed by atoms with Gasteiger partial charge in [0.1, 0.15) is 0 Å². The molecule has 0 N–H and O–H groups in total. The van der Waals surface area contributed by atoms with Gasteiger partial charge in [0.25, 0.3) is 0 Å².